The molecule has 1 heterocycles. The Morgan fingerprint density at radius 3 is 2.67 bits per heavy atom. The monoisotopic (exact) mass is 129 g/mol. The van der Waals surface area contributed by atoms with Crippen molar-refractivity contribution in [3.63, 3.8) is 0 Å². The molecule has 0 bridgehead atoms. The largest absolute Gasteiger partial charge is 0.301 e. The number of rotatable bonds is 1. The van der Waals surface area contributed by atoms with Crippen molar-refractivity contribution >= 4 is 0 Å². The van der Waals surface area contributed by atoms with Crippen molar-refractivity contribution in [2.45, 2.75) is 25.0 Å². The molecule has 0 aromatic rings. The number of nitrogens with two attached hydrogens (primary N) is 1. The highest BCUT2D eigenvalue weighted by Gasteiger charge is 2.23. The normalized spacial score (nSPS) is 36.7. The Labute approximate surface area is 56.0 Å². The highest BCUT2D eigenvalue weighted by Crippen LogP contribution is 2.09. The fraction of sp³-hybridized carbons (Fsp3) is 1.00. The number of hydrogen-bond donors (Lipinski definition) is 3. The highest BCUT2D eigenvalue weighted by atomic mass is 15.3. The van der Waals surface area contributed by atoms with Crippen molar-refractivity contribution in [2.24, 2.45) is 5.73 Å². The highest BCUT2D eigenvalue weighted by molar-refractivity contribution is 4.80. The molecule has 0 aromatic heterocycles. The van der Waals surface area contributed by atoms with Crippen molar-refractivity contribution in [3.8, 4) is 0 Å². The van der Waals surface area contributed by atoms with Gasteiger partial charge in [0.15, 0.2) is 0 Å². The molecular formula is C6H15N3. The van der Waals surface area contributed by atoms with E-state index >= 15 is 0 Å². The maximum atomic E-state index is 5.84. The molecule has 0 spiro atoms. The molecule has 1 aliphatic rings. The predicted molar refractivity (Wildman–Crippen MR) is 37.8 cm³/mol. The van der Waals surface area contributed by atoms with Gasteiger partial charge in [0.25, 0.3) is 0 Å². The van der Waals surface area contributed by atoms with Gasteiger partial charge in [0.1, 0.15) is 5.79 Å². The summed E-state index contributed by atoms with van der Waals surface area (Å²) >= 11 is 0. The van der Waals surface area contributed by atoms with Gasteiger partial charge in [-0.05, 0) is 32.9 Å². The molecule has 1 aliphatic heterocycles. The van der Waals surface area contributed by atoms with Crippen molar-refractivity contribution in [1.82, 2.24) is 10.6 Å². The molecule has 0 aromatic carbocycles. The number of nitrogens with one attached hydrogen (secondary N) is 2. The molecule has 1 saturated heterocycles. The summed E-state index contributed by atoms with van der Waals surface area (Å²) < 4.78 is 0. The van der Waals surface area contributed by atoms with Gasteiger partial charge in [0, 0.05) is 0 Å². The molecule has 3 nitrogen and oxygen atoms in total. The van der Waals surface area contributed by atoms with Gasteiger partial charge >= 0.3 is 0 Å². The van der Waals surface area contributed by atoms with E-state index in [9.17, 15) is 0 Å². The first-order chi connectivity index (χ1) is 4.27. The van der Waals surface area contributed by atoms with Crippen LogP contribution in [0.25, 0.3) is 0 Å². The molecular weight excluding hydrogens is 114 g/mol. The van der Waals surface area contributed by atoms with E-state index in [0.717, 1.165) is 13.0 Å². The zero-order chi connectivity index (χ0) is 6.74. The van der Waals surface area contributed by atoms with Crippen LogP contribution in [-0.2, 0) is 0 Å². The van der Waals surface area contributed by atoms with Gasteiger partial charge in [0.2, 0.25) is 0 Å². The molecule has 1 rings (SSSR count). The standard InChI is InChI=1S/C6H15N3/c1-8-6(7)4-2-3-5-9-6/h8-9H,2-5,7H2,1H3/t6-/m0/s1. The van der Waals surface area contributed by atoms with E-state index in [1.54, 1.807) is 0 Å². The van der Waals surface area contributed by atoms with Crippen LogP contribution in [-0.4, -0.2) is 19.4 Å². The Morgan fingerprint density at radius 1 is 1.56 bits per heavy atom. The minimum Gasteiger partial charge on any atom is -0.301 e. The molecule has 3 heteroatoms. The fourth-order valence-electron chi connectivity index (χ4n) is 1.14. The molecule has 4 N–H and O–H groups in total. The lowest BCUT2D eigenvalue weighted by atomic mass is 10.1. The Bertz CT molecular complexity index is 86.3. The molecule has 1 atom stereocenters. The minimum atomic E-state index is -0.280. The van der Waals surface area contributed by atoms with Gasteiger partial charge in [0.05, 0.1) is 0 Å². The van der Waals surface area contributed by atoms with Crippen LogP contribution >= 0.6 is 0 Å². The lowest BCUT2D eigenvalue weighted by Crippen LogP contribution is -2.64. The fourth-order valence-corrected chi connectivity index (χ4v) is 1.14. The van der Waals surface area contributed by atoms with Crippen molar-refractivity contribution < 1.29 is 0 Å². The second-order valence-corrected chi connectivity index (χ2v) is 2.61. The Kier molecular flexibility index (Phi) is 2.05. The number of hydrogen-bond acceptors (Lipinski definition) is 3. The topological polar surface area (TPSA) is 50.1 Å². The van der Waals surface area contributed by atoms with Crippen LogP contribution in [0.1, 0.15) is 19.3 Å². The van der Waals surface area contributed by atoms with E-state index in [-0.39, 0.29) is 5.79 Å². The third kappa shape index (κ3) is 1.64. The van der Waals surface area contributed by atoms with Crippen LogP contribution in [0, 0.1) is 0 Å². The summed E-state index contributed by atoms with van der Waals surface area (Å²) in [6.07, 6.45) is 3.51. The first kappa shape index (κ1) is 6.99. The number of piperidine rings is 1. The van der Waals surface area contributed by atoms with Crippen molar-refractivity contribution in [3.05, 3.63) is 0 Å². The molecule has 0 saturated carbocycles. The van der Waals surface area contributed by atoms with Crippen LogP contribution in [0.15, 0.2) is 0 Å². The summed E-state index contributed by atoms with van der Waals surface area (Å²) in [7, 11) is 1.89. The van der Waals surface area contributed by atoms with E-state index < -0.39 is 0 Å². The van der Waals surface area contributed by atoms with E-state index in [0.29, 0.717) is 0 Å². The SMILES string of the molecule is CN[C@@]1(N)CCCCN1. The summed E-state index contributed by atoms with van der Waals surface area (Å²) in [6, 6.07) is 0. The van der Waals surface area contributed by atoms with Gasteiger partial charge in [-0.25, -0.2) is 0 Å². The predicted octanol–water partition coefficient (Wildman–Crippen LogP) is -0.408. The molecule has 0 unspecified atom stereocenters. The van der Waals surface area contributed by atoms with E-state index in [2.05, 4.69) is 10.6 Å². The van der Waals surface area contributed by atoms with E-state index in [1.807, 2.05) is 7.05 Å². The maximum absolute atomic E-state index is 5.84. The summed E-state index contributed by atoms with van der Waals surface area (Å²) in [4.78, 5) is 0. The molecule has 0 amide bonds. The molecule has 1 fully saturated rings. The Balaban J connectivity index is 2.37. The zero-order valence-corrected chi connectivity index (χ0v) is 5.91. The lowest BCUT2D eigenvalue weighted by Gasteiger charge is -2.34. The minimum absolute atomic E-state index is 0.280. The Morgan fingerprint density at radius 2 is 2.33 bits per heavy atom. The van der Waals surface area contributed by atoms with Gasteiger partial charge < -0.3 is 5.73 Å². The van der Waals surface area contributed by atoms with Gasteiger partial charge in [-0.15, -0.1) is 0 Å². The first-order valence-corrected chi connectivity index (χ1v) is 3.50. The van der Waals surface area contributed by atoms with Gasteiger partial charge in [-0.2, -0.15) is 0 Å². The summed E-state index contributed by atoms with van der Waals surface area (Å²) in [5, 5.41) is 6.26. The van der Waals surface area contributed by atoms with Crippen LogP contribution < -0.4 is 16.4 Å². The van der Waals surface area contributed by atoms with Crippen molar-refractivity contribution in [1.29, 1.82) is 0 Å². The van der Waals surface area contributed by atoms with Gasteiger partial charge in [-0.3, -0.25) is 10.6 Å². The first-order valence-electron chi connectivity index (χ1n) is 3.50. The zero-order valence-electron chi connectivity index (χ0n) is 5.91. The van der Waals surface area contributed by atoms with Crippen molar-refractivity contribution in [2.75, 3.05) is 13.6 Å². The molecule has 0 aliphatic carbocycles. The summed E-state index contributed by atoms with van der Waals surface area (Å²) in [5.41, 5.74) is 5.84. The lowest BCUT2D eigenvalue weighted by molar-refractivity contribution is 0.222. The van der Waals surface area contributed by atoms with Gasteiger partial charge in [-0.1, -0.05) is 0 Å². The Hall–Kier alpha value is -0.120. The molecule has 9 heavy (non-hydrogen) atoms. The van der Waals surface area contributed by atoms with Crippen LogP contribution in [0.2, 0.25) is 0 Å². The smallest absolute Gasteiger partial charge is 0.120 e. The average molecular weight is 129 g/mol. The second kappa shape index (κ2) is 2.64. The van der Waals surface area contributed by atoms with E-state index in [4.69, 9.17) is 5.73 Å². The molecule has 54 valence electrons. The second-order valence-electron chi connectivity index (χ2n) is 2.61. The third-order valence-corrected chi connectivity index (χ3v) is 1.88. The van der Waals surface area contributed by atoms with Crippen LogP contribution in [0.3, 0.4) is 0 Å². The summed E-state index contributed by atoms with van der Waals surface area (Å²) in [6.45, 7) is 1.04. The van der Waals surface area contributed by atoms with E-state index in [1.165, 1.54) is 12.8 Å². The third-order valence-electron chi connectivity index (χ3n) is 1.88. The quantitative estimate of drug-likeness (QED) is 0.422. The van der Waals surface area contributed by atoms with Crippen LogP contribution in [0.4, 0.5) is 0 Å². The average Bonchev–Trinajstić information content (AvgIpc) is 1.90. The maximum Gasteiger partial charge on any atom is 0.120 e. The summed E-state index contributed by atoms with van der Waals surface area (Å²) in [5.74, 6) is -0.280. The van der Waals surface area contributed by atoms with Crippen LogP contribution in [0.5, 0.6) is 0 Å². The molecule has 0 radical (unpaired) electrons.